The lowest BCUT2D eigenvalue weighted by atomic mass is 9.85. The van der Waals surface area contributed by atoms with Gasteiger partial charge in [0.15, 0.2) is 0 Å². The SMILES string of the molecule is C=C(C=CC)C(c1ccccc1)c1ccccc1. The van der Waals surface area contributed by atoms with E-state index in [2.05, 4.69) is 61.2 Å². The van der Waals surface area contributed by atoms with Gasteiger partial charge in [0.25, 0.3) is 0 Å². The summed E-state index contributed by atoms with van der Waals surface area (Å²) in [7, 11) is 0. The monoisotopic (exact) mass is 234 g/mol. The normalized spacial score (nSPS) is 11.0. The van der Waals surface area contributed by atoms with Crippen LogP contribution in [0.1, 0.15) is 24.0 Å². The molecule has 0 spiro atoms. The highest BCUT2D eigenvalue weighted by atomic mass is 14.2. The van der Waals surface area contributed by atoms with E-state index in [1.54, 1.807) is 0 Å². The standard InChI is InChI=1S/C18H18/c1-3-10-15(2)18(16-11-6-4-7-12-16)17-13-8-5-9-14-17/h3-14,18H,2H2,1H3. The van der Waals surface area contributed by atoms with Gasteiger partial charge in [-0.15, -0.1) is 0 Å². The molecule has 0 amide bonds. The van der Waals surface area contributed by atoms with Gasteiger partial charge in [-0.05, 0) is 23.6 Å². The predicted octanol–water partition coefficient (Wildman–Crippen LogP) is 4.95. The lowest BCUT2D eigenvalue weighted by molar-refractivity contribution is 0.981. The minimum Gasteiger partial charge on any atom is -0.0949 e. The molecular formula is C18H18. The third-order valence-electron chi connectivity index (χ3n) is 3.02. The maximum absolute atomic E-state index is 4.21. The summed E-state index contributed by atoms with van der Waals surface area (Å²) >= 11 is 0. The van der Waals surface area contributed by atoms with Gasteiger partial charge in [-0.1, -0.05) is 79.4 Å². The summed E-state index contributed by atoms with van der Waals surface area (Å²) in [4.78, 5) is 0. The molecule has 0 unspecified atom stereocenters. The lowest BCUT2D eigenvalue weighted by Gasteiger charge is -2.18. The van der Waals surface area contributed by atoms with Crippen molar-refractivity contribution >= 4 is 0 Å². The molecule has 0 aliphatic carbocycles. The molecule has 0 radical (unpaired) electrons. The fourth-order valence-electron chi connectivity index (χ4n) is 2.22. The molecule has 90 valence electrons. The van der Waals surface area contributed by atoms with Crippen molar-refractivity contribution in [1.82, 2.24) is 0 Å². The van der Waals surface area contributed by atoms with Gasteiger partial charge in [0.05, 0.1) is 0 Å². The molecule has 0 aliphatic rings. The first-order chi connectivity index (χ1) is 8.83. The Labute approximate surface area is 109 Å². The molecule has 0 heteroatoms. The fraction of sp³-hybridized carbons (Fsp3) is 0.111. The van der Waals surface area contributed by atoms with E-state index in [4.69, 9.17) is 0 Å². The minimum atomic E-state index is 0.239. The van der Waals surface area contributed by atoms with Crippen LogP contribution in [0.4, 0.5) is 0 Å². The molecule has 2 aromatic rings. The van der Waals surface area contributed by atoms with Crippen molar-refractivity contribution < 1.29 is 0 Å². The van der Waals surface area contributed by atoms with Gasteiger partial charge >= 0.3 is 0 Å². The molecule has 2 rings (SSSR count). The Morgan fingerprint density at radius 1 is 0.889 bits per heavy atom. The Balaban J connectivity index is 2.45. The summed E-state index contributed by atoms with van der Waals surface area (Å²) in [5.41, 5.74) is 3.69. The summed E-state index contributed by atoms with van der Waals surface area (Å²) in [6.45, 7) is 6.24. The van der Waals surface area contributed by atoms with Crippen LogP contribution in [-0.2, 0) is 0 Å². The number of benzene rings is 2. The second kappa shape index (κ2) is 6.02. The van der Waals surface area contributed by atoms with Crippen LogP contribution in [0, 0.1) is 0 Å². The fourth-order valence-corrected chi connectivity index (χ4v) is 2.22. The predicted molar refractivity (Wildman–Crippen MR) is 78.7 cm³/mol. The first-order valence-corrected chi connectivity index (χ1v) is 6.24. The smallest absolute Gasteiger partial charge is 0.0334 e. The van der Waals surface area contributed by atoms with Crippen LogP contribution in [0.3, 0.4) is 0 Å². The molecule has 0 bridgehead atoms. The third kappa shape index (κ3) is 2.78. The average molecular weight is 234 g/mol. The largest absolute Gasteiger partial charge is 0.0949 e. The van der Waals surface area contributed by atoms with Gasteiger partial charge in [0.1, 0.15) is 0 Å². The Morgan fingerprint density at radius 2 is 1.33 bits per heavy atom. The van der Waals surface area contributed by atoms with E-state index in [9.17, 15) is 0 Å². The topological polar surface area (TPSA) is 0 Å². The maximum Gasteiger partial charge on any atom is 0.0334 e. The van der Waals surface area contributed by atoms with E-state index in [-0.39, 0.29) is 5.92 Å². The van der Waals surface area contributed by atoms with Crippen LogP contribution in [0.2, 0.25) is 0 Å². The Morgan fingerprint density at radius 3 is 1.72 bits per heavy atom. The van der Waals surface area contributed by atoms with E-state index in [1.165, 1.54) is 11.1 Å². The Bertz CT molecular complexity index is 481. The third-order valence-corrected chi connectivity index (χ3v) is 3.02. The van der Waals surface area contributed by atoms with E-state index in [1.807, 2.05) is 25.1 Å². The lowest BCUT2D eigenvalue weighted by Crippen LogP contribution is -2.02. The van der Waals surface area contributed by atoms with E-state index in [0.29, 0.717) is 0 Å². The highest BCUT2D eigenvalue weighted by Gasteiger charge is 2.14. The number of allylic oxidation sites excluding steroid dienone is 3. The zero-order valence-electron chi connectivity index (χ0n) is 10.7. The molecule has 0 atom stereocenters. The zero-order valence-corrected chi connectivity index (χ0v) is 10.7. The van der Waals surface area contributed by atoms with Gasteiger partial charge in [-0.2, -0.15) is 0 Å². The Hall–Kier alpha value is -2.08. The van der Waals surface area contributed by atoms with E-state index >= 15 is 0 Å². The minimum absolute atomic E-state index is 0.239. The molecule has 0 fully saturated rings. The van der Waals surface area contributed by atoms with Gasteiger partial charge in [-0.3, -0.25) is 0 Å². The Kier molecular flexibility index (Phi) is 4.14. The second-order valence-electron chi connectivity index (χ2n) is 4.33. The van der Waals surface area contributed by atoms with Gasteiger partial charge < -0.3 is 0 Å². The second-order valence-corrected chi connectivity index (χ2v) is 4.33. The molecule has 0 aliphatic heterocycles. The van der Waals surface area contributed by atoms with Crippen LogP contribution in [-0.4, -0.2) is 0 Å². The molecule has 0 aromatic heterocycles. The van der Waals surface area contributed by atoms with Crippen molar-refractivity contribution in [3.8, 4) is 0 Å². The maximum atomic E-state index is 4.21. The summed E-state index contributed by atoms with van der Waals surface area (Å²) in [6.07, 6.45) is 4.13. The summed E-state index contributed by atoms with van der Waals surface area (Å²) in [5.74, 6) is 0.239. The van der Waals surface area contributed by atoms with Crippen molar-refractivity contribution in [2.45, 2.75) is 12.8 Å². The van der Waals surface area contributed by atoms with Crippen molar-refractivity contribution in [1.29, 1.82) is 0 Å². The molecule has 18 heavy (non-hydrogen) atoms. The number of hydrogen-bond acceptors (Lipinski definition) is 0. The number of rotatable bonds is 4. The molecule has 0 N–H and O–H groups in total. The van der Waals surface area contributed by atoms with E-state index in [0.717, 1.165) is 5.57 Å². The van der Waals surface area contributed by atoms with Crippen molar-refractivity contribution in [3.63, 3.8) is 0 Å². The van der Waals surface area contributed by atoms with Crippen LogP contribution < -0.4 is 0 Å². The van der Waals surface area contributed by atoms with Crippen LogP contribution >= 0.6 is 0 Å². The average Bonchev–Trinajstić information content (AvgIpc) is 2.42. The van der Waals surface area contributed by atoms with Gasteiger partial charge in [0.2, 0.25) is 0 Å². The molecule has 0 saturated carbocycles. The molecule has 2 aromatic carbocycles. The quantitative estimate of drug-likeness (QED) is 0.656. The molecule has 0 nitrogen and oxygen atoms in total. The summed E-state index contributed by atoms with van der Waals surface area (Å²) < 4.78 is 0. The van der Waals surface area contributed by atoms with Crippen molar-refractivity contribution in [3.05, 3.63) is 96.1 Å². The summed E-state index contributed by atoms with van der Waals surface area (Å²) in [5, 5.41) is 0. The zero-order chi connectivity index (χ0) is 12.8. The van der Waals surface area contributed by atoms with Crippen molar-refractivity contribution in [2.75, 3.05) is 0 Å². The molecule has 0 heterocycles. The highest BCUT2D eigenvalue weighted by Crippen LogP contribution is 2.31. The van der Waals surface area contributed by atoms with Crippen LogP contribution in [0.5, 0.6) is 0 Å². The first kappa shape index (κ1) is 12.4. The summed E-state index contributed by atoms with van der Waals surface area (Å²) in [6, 6.07) is 21.0. The van der Waals surface area contributed by atoms with Gasteiger partial charge in [-0.25, -0.2) is 0 Å². The number of hydrogen-bond donors (Lipinski definition) is 0. The van der Waals surface area contributed by atoms with Crippen LogP contribution in [0.15, 0.2) is 85.0 Å². The first-order valence-electron chi connectivity index (χ1n) is 6.24. The molecule has 0 saturated heterocycles. The van der Waals surface area contributed by atoms with Crippen molar-refractivity contribution in [2.24, 2.45) is 0 Å². The van der Waals surface area contributed by atoms with Gasteiger partial charge in [0, 0.05) is 5.92 Å². The van der Waals surface area contributed by atoms with E-state index < -0.39 is 0 Å². The molecular weight excluding hydrogens is 216 g/mol. The van der Waals surface area contributed by atoms with Crippen LogP contribution in [0.25, 0.3) is 0 Å². The highest BCUT2D eigenvalue weighted by molar-refractivity contribution is 5.43.